The summed E-state index contributed by atoms with van der Waals surface area (Å²) in [6.07, 6.45) is 150. The molecule has 0 N–H and O–H groups in total. The first-order valence-electron chi connectivity index (χ1n) is 65.1. The average Bonchev–Trinajstić information content (AvgIpc) is 0.820. The minimum Gasteiger partial charge on any atom is -0.372 e. The van der Waals surface area contributed by atoms with E-state index in [-0.39, 0.29) is 0 Å². The predicted molar refractivity (Wildman–Crippen MR) is 648 cm³/mol. The minimum atomic E-state index is 1.17. The van der Waals surface area contributed by atoms with Gasteiger partial charge in [0.15, 0.2) is 0 Å². The van der Waals surface area contributed by atoms with E-state index in [1.54, 1.807) is 0 Å². The molecule has 0 radical (unpaired) electrons. The molecule has 0 unspecified atom stereocenters. The molecule has 0 aliphatic rings. The van der Waals surface area contributed by atoms with E-state index in [1.807, 2.05) is 0 Å². The van der Waals surface area contributed by atoms with Crippen molar-refractivity contribution in [2.24, 2.45) is 7.05 Å². The normalized spacial score (nSPS) is 11.9. The van der Waals surface area contributed by atoms with E-state index in [1.165, 1.54) is 706 Å². The highest BCUT2D eigenvalue weighted by Gasteiger charge is 2.16. The second-order valence-corrected chi connectivity index (χ2v) is 45.8. The Hall–Kier alpha value is -4.57. The van der Waals surface area contributed by atoms with Crippen LogP contribution in [-0.4, -0.2) is 39.3 Å². The van der Waals surface area contributed by atoms with Crippen LogP contribution in [0.1, 0.15) is 692 Å². The standard InChI is InChI=1S/C138H245N4/c1-8-14-20-26-32-38-44-50-56-62-68-74-80-86-92-98-122-140(123-99-93-87-81-75-69-63-57-51-45-39-33-27-21-15-9-2)134-114-106-130(107-115-134)104-105-133-128-137(120-112-131-108-116-135(117-109-131)141(124-100-94-88-82-76-70-64-58-52-46-40-34-28-22-16-10-3)125-101-95-89-83-77-71-65-59-53-47-41-35-29-23-17-11-4)139(7)138(129-133)121-113-132-110-118-136(119-111-132)142(126-102-96-90-84-78-72-66-60-54-48-42-36-30-24-18-12-5)127-103-97-91-85-79-73-67-61-55-49-43-37-31-25-19-13-6/h104-121,128-129H,8-103,122-127H2,1-7H3/q+1. The average molecular weight is 1960 g/mol. The van der Waals surface area contributed by atoms with Crippen LogP contribution in [0.5, 0.6) is 0 Å². The zero-order chi connectivity index (χ0) is 101. The molecule has 4 rings (SSSR count). The van der Waals surface area contributed by atoms with E-state index in [0.717, 1.165) is 0 Å². The van der Waals surface area contributed by atoms with Crippen molar-refractivity contribution in [3.8, 4) is 0 Å². The molecular weight excluding hydrogens is 1710 g/mol. The molecule has 142 heavy (non-hydrogen) atoms. The largest absolute Gasteiger partial charge is 0.372 e. The van der Waals surface area contributed by atoms with Crippen molar-refractivity contribution in [2.75, 3.05) is 54.0 Å². The molecule has 1 aromatic heterocycles. The van der Waals surface area contributed by atoms with Gasteiger partial charge in [-0.15, -0.1) is 0 Å². The molecule has 0 amide bonds. The predicted octanol–water partition coefficient (Wildman–Crippen LogP) is 47.0. The van der Waals surface area contributed by atoms with Gasteiger partial charge in [-0.05, 0) is 109 Å². The second-order valence-electron chi connectivity index (χ2n) is 45.8. The van der Waals surface area contributed by atoms with Crippen molar-refractivity contribution < 1.29 is 4.57 Å². The first kappa shape index (κ1) is 130. The Balaban J connectivity index is 1.56. The Morgan fingerprint density at radius 3 is 0.387 bits per heavy atom. The molecule has 4 nitrogen and oxygen atoms in total. The van der Waals surface area contributed by atoms with Gasteiger partial charge in [0.25, 0.3) is 0 Å². The molecule has 0 bridgehead atoms. The summed E-state index contributed by atoms with van der Waals surface area (Å²) in [6.45, 7) is 21.0. The summed E-state index contributed by atoms with van der Waals surface area (Å²) in [5.74, 6) is 0. The van der Waals surface area contributed by atoms with E-state index < -0.39 is 0 Å². The van der Waals surface area contributed by atoms with Crippen LogP contribution in [0.2, 0.25) is 0 Å². The summed E-state index contributed by atoms with van der Waals surface area (Å²) in [7, 11) is 2.29. The summed E-state index contributed by atoms with van der Waals surface area (Å²) in [5, 5.41) is 0. The lowest BCUT2D eigenvalue weighted by molar-refractivity contribution is -0.675. The monoisotopic (exact) mass is 1960 g/mol. The van der Waals surface area contributed by atoms with E-state index in [0.29, 0.717) is 0 Å². The van der Waals surface area contributed by atoms with E-state index in [9.17, 15) is 0 Å². The van der Waals surface area contributed by atoms with E-state index in [2.05, 4.69) is 189 Å². The maximum absolute atomic E-state index is 2.76. The Kier molecular flexibility index (Phi) is 93.4. The number of anilines is 3. The first-order valence-corrected chi connectivity index (χ1v) is 65.1. The molecule has 0 aliphatic carbocycles. The highest BCUT2D eigenvalue weighted by molar-refractivity contribution is 5.76. The van der Waals surface area contributed by atoms with Gasteiger partial charge in [-0.25, -0.2) is 0 Å². The lowest BCUT2D eigenvalue weighted by Crippen LogP contribution is -2.35. The Labute approximate surface area is 889 Å². The minimum absolute atomic E-state index is 1.17. The molecule has 0 fully saturated rings. The summed E-state index contributed by atoms with van der Waals surface area (Å²) < 4.78 is 2.42. The number of aromatic nitrogens is 1. The van der Waals surface area contributed by atoms with Crippen molar-refractivity contribution in [1.82, 2.24) is 0 Å². The maximum atomic E-state index is 2.76. The zero-order valence-electron chi connectivity index (χ0n) is 97.0. The summed E-state index contributed by atoms with van der Waals surface area (Å²) in [4.78, 5) is 8.29. The van der Waals surface area contributed by atoms with Gasteiger partial charge >= 0.3 is 0 Å². The van der Waals surface area contributed by atoms with Crippen LogP contribution in [0.3, 0.4) is 0 Å². The van der Waals surface area contributed by atoms with Crippen LogP contribution < -0.4 is 19.3 Å². The number of pyridine rings is 1. The van der Waals surface area contributed by atoms with Crippen LogP contribution in [0.25, 0.3) is 36.5 Å². The van der Waals surface area contributed by atoms with Crippen LogP contribution in [0.15, 0.2) is 84.9 Å². The maximum Gasteiger partial charge on any atom is 0.206 e. The lowest BCUT2D eigenvalue weighted by Gasteiger charge is -2.25. The van der Waals surface area contributed by atoms with Gasteiger partial charge in [0, 0.05) is 80.6 Å². The van der Waals surface area contributed by atoms with Crippen LogP contribution in [-0.2, 0) is 7.05 Å². The van der Waals surface area contributed by atoms with E-state index >= 15 is 0 Å². The highest BCUT2D eigenvalue weighted by Crippen LogP contribution is 2.29. The van der Waals surface area contributed by atoms with Gasteiger partial charge in [0.1, 0.15) is 7.05 Å². The molecule has 4 heteroatoms. The molecule has 0 aliphatic heterocycles. The van der Waals surface area contributed by atoms with Crippen LogP contribution >= 0.6 is 0 Å². The highest BCUT2D eigenvalue weighted by atomic mass is 15.1. The van der Waals surface area contributed by atoms with Gasteiger partial charge in [0.05, 0.1) is 0 Å². The Bertz CT molecular complexity index is 3040. The molecule has 4 aromatic rings. The van der Waals surface area contributed by atoms with Crippen molar-refractivity contribution >= 4 is 53.5 Å². The third-order valence-corrected chi connectivity index (χ3v) is 32.2. The van der Waals surface area contributed by atoms with Gasteiger partial charge in [-0.2, -0.15) is 4.57 Å². The number of nitrogens with zero attached hydrogens (tertiary/aromatic N) is 4. The quantitative estimate of drug-likeness (QED) is 0.0323. The van der Waals surface area contributed by atoms with Gasteiger partial charge in [0.2, 0.25) is 11.4 Å². The topological polar surface area (TPSA) is 13.6 Å². The number of unbranched alkanes of at least 4 members (excludes halogenated alkanes) is 90. The van der Waals surface area contributed by atoms with E-state index in [4.69, 9.17) is 0 Å². The van der Waals surface area contributed by atoms with Crippen LogP contribution in [0.4, 0.5) is 17.1 Å². The number of hydrogen-bond acceptors (Lipinski definition) is 3. The van der Waals surface area contributed by atoms with Crippen molar-refractivity contribution in [2.45, 2.75) is 658 Å². The van der Waals surface area contributed by atoms with Crippen molar-refractivity contribution in [3.63, 3.8) is 0 Å². The van der Waals surface area contributed by atoms with Gasteiger partial charge < -0.3 is 14.7 Å². The molecule has 0 saturated carbocycles. The van der Waals surface area contributed by atoms with Crippen molar-refractivity contribution in [1.29, 1.82) is 0 Å². The van der Waals surface area contributed by atoms with Gasteiger partial charge in [-0.1, -0.05) is 668 Å². The first-order chi connectivity index (χ1) is 70.4. The Morgan fingerprint density at radius 1 is 0.141 bits per heavy atom. The van der Waals surface area contributed by atoms with Crippen LogP contribution in [0, 0.1) is 0 Å². The molecule has 1 heterocycles. The van der Waals surface area contributed by atoms with Crippen molar-refractivity contribution in [3.05, 3.63) is 119 Å². The molecule has 3 aromatic carbocycles. The molecular formula is C138H245N4+. The Morgan fingerprint density at radius 2 is 0.254 bits per heavy atom. The van der Waals surface area contributed by atoms with Gasteiger partial charge in [-0.3, -0.25) is 0 Å². The lowest BCUT2D eigenvalue weighted by atomic mass is 10.0. The third kappa shape index (κ3) is 78.6. The fourth-order valence-electron chi connectivity index (χ4n) is 22.3. The SMILES string of the molecule is CCCCCCCCCCCCCCCCCCN(CCCCCCCCCCCCCCCCCC)c1ccc(/C=C/c2cc(/C=C/c3ccc(N(CCCCCCCCCCCCCCCCCC)CCCCCCCCCCCCCCCCCC)cc3)[n+](C)c(/C=C/c3ccc(N(CCCCCCCCCCCCCCCCCC)CCCCCCCCCCCCCCCCCC)cc3)c2)cc1. The second kappa shape index (κ2) is 102. The smallest absolute Gasteiger partial charge is 0.206 e. The zero-order valence-corrected chi connectivity index (χ0v) is 97.0. The summed E-state index contributed by atoms with van der Waals surface area (Å²) in [5.41, 5.74) is 11.7. The molecule has 0 atom stereocenters. The number of rotatable bonds is 111. The molecule has 0 spiro atoms. The fourth-order valence-corrected chi connectivity index (χ4v) is 22.3. The number of hydrogen-bond donors (Lipinski definition) is 0. The molecule has 816 valence electrons. The summed E-state index contributed by atoms with van der Waals surface area (Å²) in [6, 6.07) is 34.0. The third-order valence-electron chi connectivity index (χ3n) is 32.2. The molecule has 0 saturated heterocycles. The summed E-state index contributed by atoms with van der Waals surface area (Å²) >= 11 is 0. The fraction of sp³-hybridized carbons (Fsp3) is 0.790. The number of benzene rings is 3.